The maximum Gasteiger partial charge on any atom is 0.337 e. The van der Waals surface area contributed by atoms with Gasteiger partial charge in [-0.15, -0.1) is 0 Å². The average molecular weight is 281 g/mol. The molecule has 0 spiro atoms. The highest BCUT2D eigenvalue weighted by Crippen LogP contribution is 2.13. The summed E-state index contributed by atoms with van der Waals surface area (Å²) in [4.78, 5) is 11.2. The van der Waals surface area contributed by atoms with Gasteiger partial charge in [-0.05, 0) is 30.7 Å². The third-order valence-corrected chi connectivity index (χ3v) is 2.83. The first-order valence-electron chi connectivity index (χ1n) is 6.81. The molecule has 0 aliphatic carbocycles. The fourth-order valence-corrected chi connectivity index (χ4v) is 1.51. The first-order chi connectivity index (χ1) is 9.67. The number of ether oxygens (including phenoxy) is 3. The van der Waals surface area contributed by atoms with Gasteiger partial charge in [-0.2, -0.15) is 0 Å². The van der Waals surface area contributed by atoms with E-state index < -0.39 is 0 Å². The van der Waals surface area contributed by atoms with Crippen LogP contribution in [0.1, 0.15) is 30.1 Å². The lowest BCUT2D eigenvalue weighted by atomic mass is 10.2. The topological polar surface area (TPSA) is 70.8 Å². The van der Waals surface area contributed by atoms with Crippen LogP contribution in [0.25, 0.3) is 0 Å². The number of carbonyl (C=O) groups is 1. The lowest BCUT2D eigenvalue weighted by Gasteiger charge is -2.10. The van der Waals surface area contributed by atoms with Crippen LogP contribution in [-0.2, 0) is 9.47 Å². The Morgan fingerprint density at radius 3 is 2.55 bits per heavy atom. The van der Waals surface area contributed by atoms with Crippen LogP contribution in [-0.4, -0.2) is 38.9 Å². The Morgan fingerprint density at radius 2 is 1.95 bits per heavy atom. The molecule has 1 aromatic carbocycles. The monoisotopic (exact) mass is 281 g/mol. The maximum atomic E-state index is 11.2. The second kappa shape index (κ2) is 9.34. The van der Waals surface area contributed by atoms with Gasteiger partial charge in [-0.1, -0.05) is 6.92 Å². The molecule has 0 amide bonds. The van der Waals surface area contributed by atoms with Crippen molar-refractivity contribution in [2.75, 3.05) is 26.9 Å². The highest BCUT2D eigenvalue weighted by atomic mass is 16.5. The van der Waals surface area contributed by atoms with Crippen LogP contribution in [0, 0.1) is 0 Å². The van der Waals surface area contributed by atoms with Crippen LogP contribution in [0.5, 0.6) is 5.75 Å². The van der Waals surface area contributed by atoms with Gasteiger partial charge in [-0.25, -0.2) is 4.79 Å². The van der Waals surface area contributed by atoms with Crippen molar-refractivity contribution in [3.05, 3.63) is 29.8 Å². The van der Waals surface area contributed by atoms with E-state index in [1.54, 1.807) is 24.3 Å². The maximum absolute atomic E-state index is 11.2. The molecule has 1 atom stereocenters. The minimum absolute atomic E-state index is 0.113. The van der Waals surface area contributed by atoms with Crippen molar-refractivity contribution in [2.45, 2.75) is 25.8 Å². The van der Waals surface area contributed by atoms with Crippen molar-refractivity contribution in [2.24, 2.45) is 5.73 Å². The minimum atomic E-state index is -0.350. The predicted octanol–water partition coefficient (Wildman–Crippen LogP) is 2.00. The Balaban J connectivity index is 2.17. The molecule has 0 aliphatic heterocycles. The molecule has 0 saturated carbocycles. The van der Waals surface area contributed by atoms with Gasteiger partial charge in [-0.3, -0.25) is 0 Å². The number of methoxy groups -OCH3 is 1. The molecule has 1 aromatic rings. The fraction of sp³-hybridized carbons (Fsp3) is 0.533. The average Bonchev–Trinajstić information content (AvgIpc) is 2.50. The number of benzene rings is 1. The number of nitrogens with two attached hydrogens (primary N) is 1. The van der Waals surface area contributed by atoms with Gasteiger partial charge in [0, 0.05) is 19.1 Å². The summed E-state index contributed by atoms with van der Waals surface area (Å²) in [7, 11) is 1.36. The second-order valence-electron chi connectivity index (χ2n) is 4.46. The van der Waals surface area contributed by atoms with E-state index in [0.717, 1.165) is 18.6 Å². The molecule has 0 saturated heterocycles. The van der Waals surface area contributed by atoms with Crippen molar-refractivity contribution in [3.63, 3.8) is 0 Å². The zero-order chi connectivity index (χ0) is 14.8. The Morgan fingerprint density at radius 1 is 1.25 bits per heavy atom. The fourth-order valence-electron chi connectivity index (χ4n) is 1.51. The Labute approximate surface area is 120 Å². The van der Waals surface area contributed by atoms with Crippen LogP contribution < -0.4 is 10.5 Å². The molecule has 0 bridgehead atoms. The Kier molecular flexibility index (Phi) is 7.69. The number of carbonyl (C=O) groups excluding carboxylic acids is 1. The largest absolute Gasteiger partial charge is 0.494 e. The van der Waals surface area contributed by atoms with Crippen LogP contribution in [0.3, 0.4) is 0 Å². The number of hydrogen-bond acceptors (Lipinski definition) is 5. The molecule has 5 heteroatoms. The lowest BCUT2D eigenvalue weighted by molar-refractivity contribution is 0.0600. The van der Waals surface area contributed by atoms with Gasteiger partial charge >= 0.3 is 5.97 Å². The summed E-state index contributed by atoms with van der Waals surface area (Å²) in [5.41, 5.74) is 6.25. The van der Waals surface area contributed by atoms with E-state index in [4.69, 9.17) is 15.2 Å². The Bertz CT molecular complexity index is 391. The molecule has 0 aliphatic rings. The third-order valence-electron chi connectivity index (χ3n) is 2.83. The molecule has 112 valence electrons. The summed E-state index contributed by atoms with van der Waals surface area (Å²) in [6.45, 7) is 3.83. The quantitative estimate of drug-likeness (QED) is 0.553. The van der Waals surface area contributed by atoms with Crippen molar-refractivity contribution >= 4 is 5.97 Å². The molecule has 0 aromatic heterocycles. The lowest BCUT2D eigenvalue weighted by Crippen LogP contribution is -2.25. The zero-order valence-electron chi connectivity index (χ0n) is 12.1. The first-order valence-corrected chi connectivity index (χ1v) is 6.81. The first kappa shape index (κ1) is 16.5. The van der Waals surface area contributed by atoms with Gasteiger partial charge in [0.1, 0.15) is 5.75 Å². The van der Waals surface area contributed by atoms with Gasteiger partial charge in [0.2, 0.25) is 0 Å². The number of rotatable bonds is 9. The van der Waals surface area contributed by atoms with Crippen molar-refractivity contribution in [3.8, 4) is 5.75 Å². The van der Waals surface area contributed by atoms with Gasteiger partial charge < -0.3 is 19.9 Å². The molecule has 0 radical (unpaired) electrons. The second-order valence-corrected chi connectivity index (χ2v) is 4.46. The standard InChI is InChI=1S/C15H23NO4/c1-3-13(16)11-19-9-4-10-20-14-7-5-12(6-8-14)15(17)18-2/h5-8,13H,3-4,9-11,16H2,1-2H3. The van der Waals surface area contributed by atoms with Crippen LogP contribution in [0.2, 0.25) is 0 Å². The van der Waals surface area contributed by atoms with Crippen molar-refractivity contribution < 1.29 is 19.0 Å². The van der Waals surface area contributed by atoms with E-state index in [1.165, 1.54) is 7.11 Å². The van der Waals surface area contributed by atoms with Gasteiger partial charge in [0.05, 0.1) is 25.9 Å². The molecule has 2 N–H and O–H groups in total. The summed E-state index contributed by atoms with van der Waals surface area (Å²) >= 11 is 0. The summed E-state index contributed by atoms with van der Waals surface area (Å²) in [5, 5.41) is 0. The van der Waals surface area contributed by atoms with Gasteiger partial charge in [0.15, 0.2) is 0 Å². The summed E-state index contributed by atoms with van der Waals surface area (Å²) in [5.74, 6) is 0.375. The third kappa shape index (κ3) is 6.04. The van der Waals surface area contributed by atoms with Crippen LogP contribution in [0.15, 0.2) is 24.3 Å². The van der Waals surface area contributed by atoms with E-state index in [1.807, 2.05) is 6.92 Å². The van der Waals surface area contributed by atoms with Crippen molar-refractivity contribution in [1.29, 1.82) is 0 Å². The highest BCUT2D eigenvalue weighted by Gasteiger charge is 2.04. The van der Waals surface area contributed by atoms with E-state index in [0.29, 0.717) is 25.4 Å². The summed E-state index contributed by atoms with van der Waals surface area (Å²) in [6, 6.07) is 6.97. The molecule has 5 nitrogen and oxygen atoms in total. The SMILES string of the molecule is CCC(N)COCCCOc1ccc(C(=O)OC)cc1. The molecular weight excluding hydrogens is 258 g/mol. The molecule has 0 heterocycles. The normalized spacial score (nSPS) is 11.9. The zero-order valence-corrected chi connectivity index (χ0v) is 12.1. The van der Waals surface area contributed by atoms with Gasteiger partial charge in [0.25, 0.3) is 0 Å². The Hall–Kier alpha value is -1.59. The summed E-state index contributed by atoms with van der Waals surface area (Å²) in [6.07, 6.45) is 1.72. The van der Waals surface area contributed by atoms with E-state index in [9.17, 15) is 4.79 Å². The predicted molar refractivity (Wildman–Crippen MR) is 77.0 cm³/mol. The van der Waals surface area contributed by atoms with E-state index >= 15 is 0 Å². The highest BCUT2D eigenvalue weighted by molar-refractivity contribution is 5.89. The van der Waals surface area contributed by atoms with Crippen LogP contribution >= 0.6 is 0 Å². The molecule has 1 unspecified atom stereocenters. The van der Waals surface area contributed by atoms with E-state index in [-0.39, 0.29) is 12.0 Å². The minimum Gasteiger partial charge on any atom is -0.494 e. The molecule has 20 heavy (non-hydrogen) atoms. The number of esters is 1. The molecule has 0 fully saturated rings. The smallest absolute Gasteiger partial charge is 0.337 e. The van der Waals surface area contributed by atoms with Crippen LogP contribution in [0.4, 0.5) is 0 Å². The number of hydrogen-bond donors (Lipinski definition) is 1. The summed E-state index contributed by atoms with van der Waals surface area (Å²) < 4.78 is 15.6. The molecule has 1 rings (SSSR count). The van der Waals surface area contributed by atoms with Crippen molar-refractivity contribution in [1.82, 2.24) is 0 Å². The van der Waals surface area contributed by atoms with E-state index in [2.05, 4.69) is 4.74 Å². The molecular formula is C15H23NO4.